The molecule has 2 nitrogen and oxygen atoms in total. The van der Waals surface area contributed by atoms with E-state index in [0.29, 0.717) is 0 Å². The van der Waals surface area contributed by atoms with Crippen LogP contribution in [-0.2, 0) is 26.1 Å². The molecule has 0 fully saturated rings. The minimum atomic E-state index is 0.177. The molecule has 3 heteroatoms. The molecule has 1 aliphatic heterocycles. The first-order valence-electron chi connectivity index (χ1n) is 6.33. The van der Waals surface area contributed by atoms with E-state index in [4.69, 9.17) is 0 Å². The van der Waals surface area contributed by atoms with Crippen LogP contribution in [0.5, 0.6) is 0 Å². The van der Waals surface area contributed by atoms with Crippen molar-refractivity contribution >= 4 is 11.3 Å². The van der Waals surface area contributed by atoms with Crippen LogP contribution in [0.15, 0.2) is 36.4 Å². The molecule has 0 atom stereocenters. The van der Waals surface area contributed by atoms with E-state index in [-0.39, 0.29) is 6.61 Å². The quantitative estimate of drug-likeness (QED) is 0.916. The van der Waals surface area contributed by atoms with Gasteiger partial charge in [0.1, 0.15) is 0 Å². The second kappa shape index (κ2) is 5.22. The summed E-state index contributed by atoms with van der Waals surface area (Å²) in [7, 11) is 0. The fourth-order valence-electron chi connectivity index (χ4n) is 2.51. The topological polar surface area (TPSA) is 23.5 Å². The monoisotopic (exact) mass is 259 g/mol. The molecule has 0 amide bonds. The highest BCUT2D eigenvalue weighted by Gasteiger charge is 2.18. The Kier molecular flexibility index (Phi) is 3.46. The molecular weight excluding hydrogens is 242 g/mol. The van der Waals surface area contributed by atoms with Crippen molar-refractivity contribution in [1.82, 2.24) is 4.90 Å². The van der Waals surface area contributed by atoms with Gasteiger partial charge in [-0.3, -0.25) is 4.90 Å². The van der Waals surface area contributed by atoms with Crippen LogP contribution in [0.2, 0.25) is 0 Å². The second-order valence-corrected chi connectivity index (χ2v) is 5.99. The van der Waals surface area contributed by atoms with Crippen LogP contribution >= 0.6 is 11.3 Å². The molecule has 1 aliphatic rings. The first kappa shape index (κ1) is 11.9. The number of thiophene rings is 1. The van der Waals surface area contributed by atoms with Crippen molar-refractivity contribution in [3.8, 4) is 0 Å². The summed E-state index contributed by atoms with van der Waals surface area (Å²) >= 11 is 1.77. The first-order valence-corrected chi connectivity index (χ1v) is 7.14. The molecule has 0 saturated heterocycles. The van der Waals surface area contributed by atoms with Crippen molar-refractivity contribution in [2.75, 3.05) is 6.54 Å². The molecule has 0 bridgehead atoms. The van der Waals surface area contributed by atoms with Gasteiger partial charge >= 0.3 is 0 Å². The van der Waals surface area contributed by atoms with Crippen LogP contribution in [0.4, 0.5) is 0 Å². The zero-order chi connectivity index (χ0) is 12.4. The van der Waals surface area contributed by atoms with Gasteiger partial charge in [0.2, 0.25) is 0 Å². The maximum atomic E-state index is 9.18. The summed E-state index contributed by atoms with van der Waals surface area (Å²) in [6.07, 6.45) is 1.12. The molecular formula is C15H17NOS. The molecule has 1 N–H and O–H groups in total. The number of benzene rings is 1. The van der Waals surface area contributed by atoms with Crippen LogP contribution in [0.25, 0.3) is 0 Å². The van der Waals surface area contributed by atoms with E-state index in [1.54, 1.807) is 11.3 Å². The molecule has 2 heterocycles. The van der Waals surface area contributed by atoms with Gasteiger partial charge in [0.25, 0.3) is 0 Å². The van der Waals surface area contributed by atoms with Gasteiger partial charge in [0, 0.05) is 29.4 Å². The molecule has 1 aromatic carbocycles. The molecule has 2 aromatic rings. The Hall–Kier alpha value is -1.16. The van der Waals surface area contributed by atoms with Gasteiger partial charge in [-0.1, -0.05) is 30.3 Å². The highest BCUT2D eigenvalue weighted by atomic mass is 32.1. The van der Waals surface area contributed by atoms with Crippen LogP contribution in [-0.4, -0.2) is 16.6 Å². The van der Waals surface area contributed by atoms with Gasteiger partial charge < -0.3 is 5.11 Å². The van der Waals surface area contributed by atoms with Crippen LogP contribution in [0.3, 0.4) is 0 Å². The smallest absolute Gasteiger partial charge is 0.0774 e. The molecule has 3 rings (SSSR count). The number of hydrogen-bond acceptors (Lipinski definition) is 3. The summed E-state index contributed by atoms with van der Waals surface area (Å²) < 4.78 is 0. The first-order chi connectivity index (χ1) is 8.85. The largest absolute Gasteiger partial charge is 0.391 e. The fraction of sp³-hybridized carbons (Fsp3) is 0.333. The SMILES string of the molecule is OCc1cc2c(s1)CCN(Cc1ccccc1)C2. The van der Waals surface area contributed by atoms with Crippen LogP contribution in [0.1, 0.15) is 20.9 Å². The molecule has 0 radical (unpaired) electrons. The predicted molar refractivity (Wildman–Crippen MR) is 74.5 cm³/mol. The number of rotatable bonds is 3. The van der Waals surface area contributed by atoms with E-state index in [1.807, 2.05) is 0 Å². The third-order valence-corrected chi connectivity index (χ3v) is 4.62. The molecule has 0 spiro atoms. The van der Waals surface area contributed by atoms with Crippen molar-refractivity contribution in [3.05, 3.63) is 57.3 Å². The molecule has 0 saturated carbocycles. The average molecular weight is 259 g/mol. The third-order valence-electron chi connectivity index (χ3n) is 3.40. The van der Waals surface area contributed by atoms with Gasteiger partial charge in [-0.05, 0) is 23.6 Å². The summed E-state index contributed by atoms with van der Waals surface area (Å²) in [5, 5.41) is 9.18. The number of fused-ring (bicyclic) bond motifs is 1. The third kappa shape index (κ3) is 2.48. The lowest BCUT2D eigenvalue weighted by Gasteiger charge is -2.26. The normalized spacial score (nSPS) is 15.6. The number of nitrogens with zero attached hydrogens (tertiary/aromatic N) is 1. The zero-order valence-corrected chi connectivity index (χ0v) is 11.1. The minimum absolute atomic E-state index is 0.177. The van der Waals surface area contributed by atoms with Gasteiger partial charge in [0.05, 0.1) is 6.61 Å². The van der Waals surface area contributed by atoms with E-state index in [0.717, 1.165) is 30.9 Å². The van der Waals surface area contributed by atoms with Gasteiger partial charge in [-0.25, -0.2) is 0 Å². The van der Waals surface area contributed by atoms with E-state index in [1.165, 1.54) is 16.0 Å². The standard InChI is InChI=1S/C15H17NOS/c17-11-14-8-13-10-16(7-6-15(13)18-14)9-12-4-2-1-3-5-12/h1-5,8,17H,6-7,9-11H2. The van der Waals surface area contributed by atoms with Gasteiger partial charge in [-0.15, -0.1) is 11.3 Å². The van der Waals surface area contributed by atoms with Crippen LogP contribution in [0, 0.1) is 0 Å². The van der Waals surface area contributed by atoms with E-state index >= 15 is 0 Å². The number of hydrogen-bond donors (Lipinski definition) is 1. The van der Waals surface area contributed by atoms with Crippen molar-refractivity contribution in [2.45, 2.75) is 26.1 Å². The highest BCUT2D eigenvalue weighted by molar-refractivity contribution is 7.12. The van der Waals surface area contributed by atoms with Crippen molar-refractivity contribution in [2.24, 2.45) is 0 Å². The highest BCUT2D eigenvalue weighted by Crippen LogP contribution is 2.28. The van der Waals surface area contributed by atoms with E-state index in [9.17, 15) is 5.11 Å². The van der Waals surface area contributed by atoms with Gasteiger partial charge in [-0.2, -0.15) is 0 Å². The molecule has 18 heavy (non-hydrogen) atoms. The average Bonchev–Trinajstić information content (AvgIpc) is 2.82. The Bertz CT molecular complexity index is 521. The Morgan fingerprint density at radius 3 is 2.83 bits per heavy atom. The van der Waals surface area contributed by atoms with Crippen molar-refractivity contribution < 1.29 is 5.11 Å². The van der Waals surface area contributed by atoms with Crippen LogP contribution < -0.4 is 0 Å². The zero-order valence-electron chi connectivity index (χ0n) is 10.3. The Morgan fingerprint density at radius 1 is 1.22 bits per heavy atom. The maximum Gasteiger partial charge on any atom is 0.0774 e. The summed E-state index contributed by atoms with van der Waals surface area (Å²) in [6.45, 7) is 3.33. The summed E-state index contributed by atoms with van der Waals surface area (Å²) in [4.78, 5) is 5.04. The van der Waals surface area contributed by atoms with Crippen molar-refractivity contribution in [1.29, 1.82) is 0 Å². The van der Waals surface area contributed by atoms with Gasteiger partial charge in [0.15, 0.2) is 0 Å². The van der Waals surface area contributed by atoms with E-state index in [2.05, 4.69) is 41.3 Å². The molecule has 1 aromatic heterocycles. The predicted octanol–water partition coefficient (Wildman–Crippen LogP) is 2.80. The number of aliphatic hydroxyl groups excluding tert-OH is 1. The summed E-state index contributed by atoms with van der Waals surface area (Å²) in [5.41, 5.74) is 2.78. The number of aliphatic hydroxyl groups is 1. The molecule has 0 unspecified atom stereocenters. The van der Waals surface area contributed by atoms with Crippen molar-refractivity contribution in [3.63, 3.8) is 0 Å². The lowest BCUT2D eigenvalue weighted by Crippen LogP contribution is -2.29. The minimum Gasteiger partial charge on any atom is -0.391 e. The Labute approximate surface area is 112 Å². The fourth-order valence-corrected chi connectivity index (χ4v) is 3.54. The van der Waals surface area contributed by atoms with E-state index < -0.39 is 0 Å². The Morgan fingerprint density at radius 2 is 2.06 bits per heavy atom. The summed E-state index contributed by atoms with van der Waals surface area (Å²) in [6, 6.07) is 12.8. The lowest BCUT2D eigenvalue weighted by atomic mass is 10.1. The molecule has 0 aliphatic carbocycles. The maximum absolute atomic E-state index is 9.18. The second-order valence-electron chi connectivity index (χ2n) is 4.77. The summed E-state index contributed by atoms with van der Waals surface area (Å²) in [5.74, 6) is 0. The molecule has 94 valence electrons. The lowest BCUT2D eigenvalue weighted by molar-refractivity contribution is 0.247. The Balaban J connectivity index is 1.71.